The normalized spacial score (nSPS) is 11.7. The van der Waals surface area contributed by atoms with E-state index in [1.165, 1.54) is 59.8 Å². The average Bonchev–Trinajstić information content (AvgIpc) is 3.63. The number of nitrogens with zero attached hydrogens (tertiary/aromatic N) is 1. The molecule has 0 saturated carbocycles. The first kappa shape index (κ1) is 30.5. The lowest BCUT2D eigenvalue weighted by Crippen LogP contribution is -2.10. The van der Waals surface area contributed by atoms with Gasteiger partial charge in [0, 0.05) is 38.7 Å². The molecule has 0 radical (unpaired) electrons. The molecule has 2 nitrogen and oxygen atoms in total. The van der Waals surface area contributed by atoms with Crippen molar-refractivity contribution in [2.45, 2.75) is 0 Å². The number of anilines is 3. The van der Waals surface area contributed by atoms with Gasteiger partial charge in [0.2, 0.25) is 0 Å². The van der Waals surface area contributed by atoms with Crippen LogP contribution in [0.2, 0.25) is 0 Å². The minimum atomic E-state index is 0.905. The summed E-state index contributed by atoms with van der Waals surface area (Å²) in [5.41, 5.74) is 9.94. The van der Waals surface area contributed by atoms with Crippen molar-refractivity contribution < 1.29 is 4.42 Å². The van der Waals surface area contributed by atoms with Gasteiger partial charge in [-0.1, -0.05) is 152 Å². The van der Waals surface area contributed by atoms with Gasteiger partial charge in [0.25, 0.3) is 0 Å². The summed E-state index contributed by atoms with van der Waals surface area (Å²) in [7, 11) is 0. The summed E-state index contributed by atoms with van der Waals surface area (Å²) in [5.74, 6) is 0. The number of fused-ring (bicyclic) bond motifs is 7. The van der Waals surface area contributed by atoms with E-state index >= 15 is 0 Å². The molecule has 1 heterocycles. The lowest BCUT2D eigenvalue weighted by Gasteiger charge is -2.28. The molecule has 0 fully saturated rings. The Morgan fingerprint density at radius 1 is 0.315 bits per heavy atom. The topological polar surface area (TPSA) is 16.4 Å². The van der Waals surface area contributed by atoms with E-state index in [2.05, 4.69) is 199 Å². The van der Waals surface area contributed by atoms with E-state index in [0.29, 0.717) is 0 Å². The lowest BCUT2D eigenvalue weighted by atomic mass is 9.83. The third-order valence-corrected chi connectivity index (χ3v) is 11.0. The van der Waals surface area contributed by atoms with Gasteiger partial charge >= 0.3 is 0 Å². The second-order valence-corrected chi connectivity index (χ2v) is 14.0. The largest absolute Gasteiger partial charge is 0.455 e. The molecule has 0 saturated heterocycles. The van der Waals surface area contributed by atoms with E-state index in [1.807, 2.05) is 6.07 Å². The smallest absolute Gasteiger partial charge is 0.143 e. The Morgan fingerprint density at radius 3 is 1.46 bits per heavy atom. The third kappa shape index (κ3) is 4.67. The highest BCUT2D eigenvalue weighted by atomic mass is 16.3. The molecule has 252 valence electrons. The molecule has 11 rings (SSSR count). The van der Waals surface area contributed by atoms with Crippen LogP contribution in [0.3, 0.4) is 0 Å². The van der Waals surface area contributed by atoms with Crippen molar-refractivity contribution in [3.05, 3.63) is 200 Å². The Hall–Kier alpha value is -7.16. The fourth-order valence-electron chi connectivity index (χ4n) is 8.67. The quantitative estimate of drug-likeness (QED) is 0.168. The molecule has 11 aromatic rings. The van der Waals surface area contributed by atoms with Gasteiger partial charge in [-0.05, 0) is 97.4 Å². The Kier molecular flexibility index (Phi) is 6.90. The third-order valence-electron chi connectivity index (χ3n) is 11.0. The molecular formula is C52H33NO. The van der Waals surface area contributed by atoms with Crippen LogP contribution in [0, 0.1) is 0 Å². The monoisotopic (exact) mass is 687 g/mol. The molecule has 2 heteroatoms. The standard InChI is InChI=1S/C52H33NO/c1-3-18-36(19-4-1)53(37-20-5-2-6-21-37)48-31-30-43(38-22-9-10-23-39(38)48)50-41-25-11-12-26-42(41)51(47-33-35-17-8-7-16-34(35)32-46(47)50)45-28-15-27-44-40-24-13-14-29-49(40)54-52(44)45/h1-33H. The van der Waals surface area contributed by atoms with Crippen LogP contribution in [0.4, 0.5) is 17.1 Å². The summed E-state index contributed by atoms with van der Waals surface area (Å²) in [5, 5.41) is 11.9. The molecule has 0 amide bonds. The van der Waals surface area contributed by atoms with Gasteiger partial charge in [-0.2, -0.15) is 0 Å². The number of furan rings is 1. The fraction of sp³-hybridized carbons (Fsp3) is 0. The molecular weight excluding hydrogens is 655 g/mol. The lowest BCUT2D eigenvalue weighted by molar-refractivity contribution is 0.670. The van der Waals surface area contributed by atoms with Crippen molar-refractivity contribution >= 4 is 82.1 Å². The Labute approximate surface area is 312 Å². The molecule has 1 aromatic heterocycles. The molecule has 0 unspecified atom stereocenters. The highest BCUT2D eigenvalue weighted by Crippen LogP contribution is 2.50. The van der Waals surface area contributed by atoms with Crippen LogP contribution >= 0.6 is 0 Å². The zero-order valence-corrected chi connectivity index (χ0v) is 29.4. The van der Waals surface area contributed by atoms with Crippen LogP contribution in [0.1, 0.15) is 0 Å². The first-order valence-corrected chi connectivity index (χ1v) is 18.5. The predicted octanol–water partition coefficient (Wildman–Crippen LogP) is 15.0. The van der Waals surface area contributed by atoms with Crippen molar-refractivity contribution in [2.24, 2.45) is 0 Å². The summed E-state index contributed by atoms with van der Waals surface area (Å²) < 4.78 is 6.70. The van der Waals surface area contributed by atoms with E-state index in [1.54, 1.807) is 0 Å². The first-order valence-electron chi connectivity index (χ1n) is 18.5. The van der Waals surface area contributed by atoms with Gasteiger partial charge in [-0.25, -0.2) is 0 Å². The van der Waals surface area contributed by atoms with Crippen LogP contribution in [0.5, 0.6) is 0 Å². The number of rotatable bonds is 5. The molecule has 0 atom stereocenters. The minimum Gasteiger partial charge on any atom is -0.455 e. The maximum Gasteiger partial charge on any atom is 0.143 e. The van der Waals surface area contributed by atoms with Crippen molar-refractivity contribution in [1.29, 1.82) is 0 Å². The maximum atomic E-state index is 6.70. The molecule has 0 bridgehead atoms. The van der Waals surface area contributed by atoms with Crippen LogP contribution in [-0.2, 0) is 0 Å². The van der Waals surface area contributed by atoms with Gasteiger partial charge in [-0.3, -0.25) is 0 Å². The van der Waals surface area contributed by atoms with Gasteiger partial charge in [0.1, 0.15) is 11.2 Å². The Bertz CT molecular complexity index is 3170. The number of hydrogen-bond acceptors (Lipinski definition) is 2. The summed E-state index contributed by atoms with van der Waals surface area (Å²) in [6, 6.07) is 72.2. The maximum absolute atomic E-state index is 6.70. The number of para-hydroxylation sites is 4. The molecule has 10 aromatic carbocycles. The van der Waals surface area contributed by atoms with Crippen LogP contribution in [0.25, 0.3) is 87.3 Å². The van der Waals surface area contributed by atoms with Crippen LogP contribution in [-0.4, -0.2) is 0 Å². The summed E-state index contributed by atoms with van der Waals surface area (Å²) >= 11 is 0. The van der Waals surface area contributed by atoms with Crippen LogP contribution < -0.4 is 4.90 Å². The zero-order chi connectivity index (χ0) is 35.6. The molecule has 0 aliphatic carbocycles. The Balaban J connectivity index is 1.26. The summed E-state index contributed by atoms with van der Waals surface area (Å²) in [6.45, 7) is 0. The van der Waals surface area contributed by atoms with E-state index in [4.69, 9.17) is 4.42 Å². The van der Waals surface area contributed by atoms with Crippen molar-refractivity contribution in [1.82, 2.24) is 0 Å². The summed E-state index contributed by atoms with van der Waals surface area (Å²) in [4.78, 5) is 2.37. The predicted molar refractivity (Wildman–Crippen MR) is 229 cm³/mol. The van der Waals surface area contributed by atoms with E-state index in [-0.39, 0.29) is 0 Å². The average molecular weight is 688 g/mol. The second kappa shape index (κ2) is 12.2. The SMILES string of the molecule is c1ccc(N(c2ccccc2)c2ccc(-c3c4ccccc4c(-c4cccc5c4oc4ccccc45)c4cc5ccccc5cc34)c3ccccc23)cc1. The molecule has 0 spiro atoms. The minimum absolute atomic E-state index is 0.905. The van der Waals surface area contributed by atoms with E-state index in [9.17, 15) is 0 Å². The molecule has 0 aliphatic rings. The number of benzene rings is 10. The number of hydrogen-bond donors (Lipinski definition) is 0. The second-order valence-electron chi connectivity index (χ2n) is 14.0. The van der Waals surface area contributed by atoms with Gasteiger partial charge in [-0.15, -0.1) is 0 Å². The summed E-state index contributed by atoms with van der Waals surface area (Å²) in [6.07, 6.45) is 0. The molecule has 0 aliphatic heterocycles. The van der Waals surface area contributed by atoms with E-state index < -0.39 is 0 Å². The fourth-order valence-corrected chi connectivity index (χ4v) is 8.67. The van der Waals surface area contributed by atoms with Crippen molar-refractivity contribution in [2.75, 3.05) is 4.90 Å². The molecule has 54 heavy (non-hydrogen) atoms. The van der Waals surface area contributed by atoms with Crippen molar-refractivity contribution in [3.63, 3.8) is 0 Å². The first-order chi connectivity index (χ1) is 26.8. The van der Waals surface area contributed by atoms with Gasteiger partial charge in [0.15, 0.2) is 0 Å². The highest BCUT2D eigenvalue weighted by Gasteiger charge is 2.23. The Morgan fingerprint density at radius 2 is 0.815 bits per heavy atom. The van der Waals surface area contributed by atoms with Crippen LogP contribution in [0.15, 0.2) is 205 Å². The molecule has 0 N–H and O–H groups in total. The van der Waals surface area contributed by atoms with Gasteiger partial charge < -0.3 is 9.32 Å². The van der Waals surface area contributed by atoms with E-state index in [0.717, 1.165) is 44.6 Å². The highest BCUT2D eigenvalue weighted by molar-refractivity contribution is 6.27. The zero-order valence-electron chi connectivity index (χ0n) is 29.4. The van der Waals surface area contributed by atoms with Gasteiger partial charge in [0.05, 0.1) is 5.69 Å². The van der Waals surface area contributed by atoms with Crippen molar-refractivity contribution in [3.8, 4) is 22.3 Å².